The third-order valence-electron chi connectivity index (χ3n) is 7.41. The fraction of sp³-hybridized carbons (Fsp3) is 0.613. The van der Waals surface area contributed by atoms with Gasteiger partial charge in [0.2, 0.25) is 0 Å². The lowest BCUT2D eigenvalue weighted by Crippen LogP contribution is -2.39. The molecular formula is C31H46O9. The summed E-state index contributed by atoms with van der Waals surface area (Å²) in [5.74, 6) is -1.18. The normalized spacial score (nSPS) is 20.6. The Bertz CT molecular complexity index is 946. The van der Waals surface area contributed by atoms with Crippen LogP contribution in [0.15, 0.2) is 48.6 Å². The van der Waals surface area contributed by atoms with Crippen LogP contribution in [0.2, 0.25) is 0 Å². The second kappa shape index (κ2) is 18.1. The predicted molar refractivity (Wildman–Crippen MR) is 150 cm³/mol. The molecule has 0 saturated heterocycles. The van der Waals surface area contributed by atoms with E-state index in [1.807, 2.05) is 24.3 Å². The van der Waals surface area contributed by atoms with Crippen LogP contribution in [-0.2, 0) is 32.1 Å². The Morgan fingerprint density at radius 3 is 2.55 bits per heavy atom. The number of ether oxygens (including phenoxy) is 2. The van der Waals surface area contributed by atoms with E-state index in [9.17, 15) is 35.1 Å². The van der Waals surface area contributed by atoms with Gasteiger partial charge in [-0.25, -0.2) is 0 Å². The van der Waals surface area contributed by atoms with E-state index in [2.05, 4.69) is 12.1 Å². The molecule has 1 fully saturated rings. The number of hydrogen-bond acceptors (Lipinski definition) is 9. The number of methoxy groups -OCH3 is 1. The number of benzene rings is 1. The Kier molecular flexibility index (Phi) is 15.3. The van der Waals surface area contributed by atoms with Crippen molar-refractivity contribution in [1.29, 1.82) is 0 Å². The van der Waals surface area contributed by atoms with Crippen LogP contribution in [0.3, 0.4) is 0 Å². The SMILES string of the molecule is COCc1cccc(CCC[C@H](O)/C=C/C2[C@H](O)CC(=O)[C@@H]2C/C=C\CCCC(=O)OCC(CO)(CO)CO)c1. The third kappa shape index (κ3) is 11.2. The van der Waals surface area contributed by atoms with Gasteiger partial charge in [-0.05, 0) is 49.7 Å². The van der Waals surface area contributed by atoms with Crippen molar-refractivity contribution in [3.8, 4) is 0 Å². The molecule has 1 aromatic carbocycles. The molecule has 0 heterocycles. The molecular weight excluding hydrogens is 516 g/mol. The molecule has 1 unspecified atom stereocenters. The number of allylic oxidation sites excluding steroid dienone is 2. The number of hydrogen-bond donors (Lipinski definition) is 5. The summed E-state index contributed by atoms with van der Waals surface area (Å²) >= 11 is 0. The van der Waals surface area contributed by atoms with Crippen LogP contribution < -0.4 is 0 Å². The minimum Gasteiger partial charge on any atom is -0.465 e. The second-order valence-corrected chi connectivity index (χ2v) is 10.8. The highest BCUT2D eigenvalue weighted by atomic mass is 16.5. The zero-order chi connectivity index (χ0) is 29.4. The molecule has 0 amide bonds. The van der Waals surface area contributed by atoms with Gasteiger partial charge in [0, 0.05) is 31.8 Å². The second-order valence-electron chi connectivity index (χ2n) is 10.8. The van der Waals surface area contributed by atoms with Crippen LogP contribution in [0.5, 0.6) is 0 Å². The molecule has 224 valence electrons. The Morgan fingerprint density at radius 1 is 1.12 bits per heavy atom. The molecule has 1 saturated carbocycles. The molecule has 0 spiro atoms. The largest absolute Gasteiger partial charge is 0.465 e. The molecule has 1 aliphatic rings. The van der Waals surface area contributed by atoms with Crippen molar-refractivity contribution in [3.05, 3.63) is 59.7 Å². The van der Waals surface area contributed by atoms with Gasteiger partial charge in [0.25, 0.3) is 0 Å². The van der Waals surface area contributed by atoms with Gasteiger partial charge in [-0.15, -0.1) is 0 Å². The van der Waals surface area contributed by atoms with Gasteiger partial charge < -0.3 is 35.0 Å². The maximum Gasteiger partial charge on any atom is 0.305 e. The summed E-state index contributed by atoms with van der Waals surface area (Å²) in [6, 6.07) is 8.19. The van der Waals surface area contributed by atoms with Gasteiger partial charge in [-0.2, -0.15) is 0 Å². The number of carbonyl (C=O) groups is 2. The Labute approximate surface area is 237 Å². The van der Waals surface area contributed by atoms with E-state index < -0.39 is 43.4 Å². The van der Waals surface area contributed by atoms with Crippen molar-refractivity contribution in [2.75, 3.05) is 33.5 Å². The summed E-state index contributed by atoms with van der Waals surface area (Å²) in [5.41, 5.74) is 1.07. The third-order valence-corrected chi connectivity index (χ3v) is 7.41. The van der Waals surface area contributed by atoms with Crippen molar-refractivity contribution in [3.63, 3.8) is 0 Å². The van der Waals surface area contributed by atoms with Crippen LogP contribution in [-0.4, -0.2) is 83.0 Å². The van der Waals surface area contributed by atoms with Gasteiger partial charge in [0.1, 0.15) is 12.4 Å². The zero-order valence-corrected chi connectivity index (χ0v) is 23.5. The van der Waals surface area contributed by atoms with E-state index in [1.165, 1.54) is 5.56 Å². The van der Waals surface area contributed by atoms with Crippen molar-refractivity contribution in [2.45, 2.75) is 70.2 Å². The summed E-state index contributed by atoms with van der Waals surface area (Å²) in [6.07, 6.45) is 9.87. The average molecular weight is 563 g/mol. The number of aliphatic hydroxyl groups is 5. The molecule has 0 aromatic heterocycles. The van der Waals surface area contributed by atoms with Crippen LogP contribution in [0.1, 0.15) is 56.1 Å². The molecule has 40 heavy (non-hydrogen) atoms. The minimum absolute atomic E-state index is 0.000872. The van der Waals surface area contributed by atoms with Crippen molar-refractivity contribution >= 4 is 11.8 Å². The number of rotatable bonds is 19. The number of Topliss-reactive ketones (excluding diaryl/α,β-unsaturated/α-hetero) is 1. The molecule has 0 bridgehead atoms. The average Bonchev–Trinajstić information content (AvgIpc) is 3.22. The first kappa shape index (κ1) is 33.8. The Morgan fingerprint density at radius 2 is 1.85 bits per heavy atom. The van der Waals surface area contributed by atoms with Gasteiger partial charge in [0.15, 0.2) is 0 Å². The summed E-state index contributed by atoms with van der Waals surface area (Å²) in [7, 11) is 1.67. The summed E-state index contributed by atoms with van der Waals surface area (Å²) < 4.78 is 10.2. The van der Waals surface area contributed by atoms with Crippen molar-refractivity contribution in [2.24, 2.45) is 17.3 Å². The molecule has 2 rings (SSSR count). The van der Waals surface area contributed by atoms with E-state index in [-0.39, 0.29) is 37.1 Å². The fourth-order valence-corrected chi connectivity index (χ4v) is 4.75. The minimum atomic E-state index is -1.24. The smallest absolute Gasteiger partial charge is 0.305 e. The number of carbonyl (C=O) groups excluding carboxylic acids is 2. The molecule has 0 aliphatic heterocycles. The van der Waals surface area contributed by atoms with E-state index in [0.717, 1.165) is 18.4 Å². The van der Waals surface area contributed by atoms with Crippen LogP contribution in [0, 0.1) is 17.3 Å². The van der Waals surface area contributed by atoms with E-state index in [0.29, 0.717) is 32.3 Å². The first-order valence-electron chi connectivity index (χ1n) is 14.0. The first-order chi connectivity index (χ1) is 19.3. The van der Waals surface area contributed by atoms with Gasteiger partial charge in [-0.3, -0.25) is 9.59 Å². The molecule has 9 heteroatoms. The Balaban J connectivity index is 1.73. The number of aryl methyl sites for hydroxylation is 1. The summed E-state index contributed by atoms with van der Waals surface area (Å²) in [5, 5.41) is 48.7. The summed E-state index contributed by atoms with van der Waals surface area (Å²) in [6.45, 7) is -1.18. The van der Waals surface area contributed by atoms with Gasteiger partial charge in [0.05, 0.1) is 44.1 Å². The highest BCUT2D eigenvalue weighted by Crippen LogP contribution is 2.33. The van der Waals surface area contributed by atoms with Crippen molar-refractivity contribution < 1.29 is 44.6 Å². The van der Waals surface area contributed by atoms with E-state index in [4.69, 9.17) is 9.47 Å². The molecule has 1 aliphatic carbocycles. The summed E-state index contributed by atoms with van der Waals surface area (Å²) in [4.78, 5) is 24.4. The number of unbranched alkanes of at least 4 members (excludes halogenated alkanes) is 1. The van der Waals surface area contributed by atoms with Crippen LogP contribution >= 0.6 is 0 Å². The highest BCUT2D eigenvalue weighted by Gasteiger charge is 2.39. The van der Waals surface area contributed by atoms with E-state index in [1.54, 1.807) is 19.3 Å². The maximum atomic E-state index is 12.5. The zero-order valence-electron chi connectivity index (χ0n) is 23.5. The quantitative estimate of drug-likeness (QED) is 0.0970. The van der Waals surface area contributed by atoms with Crippen molar-refractivity contribution in [1.82, 2.24) is 0 Å². The lowest BCUT2D eigenvalue weighted by atomic mass is 9.90. The molecule has 1 aromatic rings. The molecule has 4 atom stereocenters. The highest BCUT2D eigenvalue weighted by molar-refractivity contribution is 5.84. The monoisotopic (exact) mass is 562 g/mol. The maximum absolute atomic E-state index is 12.5. The molecule has 5 N–H and O–H groups in total. The van der Waals surface area contributed by atoms with Gasteiger partial charge >= 0.3 is 5.97 Å². The molecule has 0 radical (unpaired) electrons. The topological polar surface area (TPSA) is 154 Å². The first-order valence-corrected chi connectivity index (χ1v) is 14.0. The lowest BCUT2D eigenvalue weighted by Gasteiger charge is -2.26. The number of ketones is 1. The predicted octanol–water partition coefficient (Wildman–Crippen LogP) is 2.26. The van der Waals surface area contributed by atoms with Crippen LogP contribution in [0.25, 0.3) is 0 Å². The Hall–Kier alpha value is -2.40. The van der Waals surface area contributed by atoms with E-state index >= 15 is 0 Å². The molecule has 9 nitrogen and oxygen atoms in total. The van der Waals surface area contributed by atoms with Crippen LogP contribution in [0.4, 0.5) is 0 Å². The van der Waals surface area contributed by atoms with Gasteiger partial charge in [-0.1, -0.05) is 48.6 Å². The standard InChI is InChI=1S/C31H46O9/c1-39-18-24-10-6-8-23(16-24)9-7-11-25(35)14-15-27-26(28(36)17-29(27)37)12-4-2-3-5-13-30(38)40-22-31(19-32,20-33)21-34/h2,4,6,8,10,14-16,25-27,29,32-35,37H,3,5,7,9,11-13,17-22H2,1H3/b4-2-,15-14+/t25-,26+,27?,29+/m0/s1. The number of esters is 1. The fourth-order valence-electron chi connectivity index (χ4n) is 4.75. The number of aliphatic hydroxyl groups excluding tert-OH is 5. The lowest BCUT2D eigenvalue weighted by molar-refractivity contribution is -0.151.